The van der Waals surface area contributed by atoms with Crippen LogP contribution in [-0.2, 0) is 5.88 Å². The van der Waals surface area contributed by atoms with E-state index in [0.29, 0.717) is 11.8 Å². The highest BCUT2D eigenvalue weighted by molar-refractivity contribution is 9.10. The van der Waals surface area contributed by atoms with Crippen LogP contribution in [0.4, 0.5) is 0 Å². The fraction of sp³-hybridized carbons (Fsp3) is 0.200. The van der Waals surface area contributed by atoms with Gasteiger partial charge in [0.25, 0.3) is 0 Å². The molecule has 0 aliphatic carbocycles. The lowest BCUT2D eigenvalue weighted by Gasteiger charge is -2.02. The molecule has 0 fully saturated rings. The molecule has 0 saturated heterocycles. The van der Waals surface area contributed by atoms with Crippen molar-refractivity contribution >= 4 is 27.5 Å². The van der Waals surface area contributed by atoms with E-state index in [-0.39, 0.29) is 5.88 Å². The molecule has 5 heteroatoms. The summed E-state index contributed by atoms with van der Waals surface area (Å²) in [4.78, 5) is 0. The molecule has 1 aromatic carbocycles. The molecule has 0 N–H and O–H groups in total. The van der Waals surface area contributed by atoms with Crippen molar-refractivity contribution in [1.29, 1.82) is 0 Å². The van der Waals surface area contributed by atoms with Crippen LogP contribution in [0.15, 0.2) is 27.1 Å². The van der Waals surface area contributed by atoms with Gasteiger partial charge in [-0.05, 0) is 24.6 Å². The highest BCUT2D eigenvalue weighted by atomic mass is 79.9. The number of alkyl halides is 1. The number of benzene rings is 1. The van der Waals surface area contributed by atoms with Gasteiger partial charge in [0, 0.05) is 10.0 Å². The second-order valence-electron chi connectivity index (χ2n) is 3.05. The van der Waals surface area contributed by atoms with Crippen LogP contribution in [0.5, 0.6) is 0 Å². The molecule has 1 aromatic heterocycles. The summed E-state index contributed by atoms with van der Waals surface area (Å²) in [5, 5.41) is 7.76. The van der Waals surface area contributed by atoms with E-state index >= 15 is 0 Å². The van der Waals surface area contributed by atoms with E-state index in [1.54, 1.807) is 0 Å². The summed E-state index contributed by atoms with van der Waals surface area (Å²) in [6, 6.07) is 5.83. The summed E-state index contributed by atoms with van der Waals surface area (Å²) in [6.45, 7) is 1.99. The van der Waals surface area contributed by atoms with Crippen LogP contribution >= 0.6 is 27.5 Å². The van der Waals surface area contributed by atoms with Crippen molar-refractivity contribution in [1.82, 2.24) is 10.2 Å². The van der Waals surface area contributed by atoms with Gasteiger partial charge in [0.05, 0.1) is 0 Å². The highest BCUT2D eigenvalue weighted by Crippen LogP contribution is 2.27. The smallest absolute Gasteiger partial charge is 0.248 e. The molecule has 0 unspecified atom stereocenters. The zero-order chi connectivity index (χ0) is 10.8. The maximum Gasteiger partial charge on any atom is 0.248 e. The molecule has 78 valence electrons. The van der Waals surface area contributed by atoms with Gasteiger partial charge < -0.3 is 4.42 Å². The highest BCUT2D eigenvalue weighted by Gasteiger charge is 2.11. The Hall–Kier alpha value is -0.870. The third-order valence-electron chi connectivity index (χ3n) is 2.08. The molecule has 0 atom stereocenters. The van der Waals surface area contributed by atoms with Crippen LogP contribution in [0.3, 0.4) is 0 Å². The number of halogens is 2. The molecular formula is C10H8BrClN2O. The first-order valence-corrected chi connectivity index (χ1v) is 5.69. The summed E-state index contributed by atoms with van der Waals surface area (Å²) in [7, 11) is 0. The van der Waals surface area contributed by atoms with Crippen LogP contribution in [0.2, 0.25) is 0 Å². The standard InChI is InChI=1S/C10H8BrClN2O/c1-6-7(3-2-4-8(6)11)10-14-13-9(5-12)15-10/h2-4H,5H2,1H3. The largest absolute Gasteiger partial charge is 0.419 e. The molecule has 0 aliphatic heterocycles. The van der Waals surface area contributed by atoms with E-state index in [9.17, 15) is 0 Å². The topological polar surface area (TPSA) is 38.9 Å². The zero-order valence-electron chi connectivity index (χ0n) is 8.00. The summed E-state index contributed by atoms with van der Waals surface area (Å²) in [5.41, 5.74) is 2.00. The number of hydrogen-bond donors (Lipinski definition) is 0. The summed E-state index contributed by atoms with van der Waals surface area (Å²) < 4.78 is 6.40. The summed E-state index contributed by atoms with van der Waals surface area (Å²) in [6.07, 6.45) is 0. The first kappa shape index (κ1) is 10.6. The monoisotopic (exact) mass is 286 g/mol. The lowest BCUT2D eigenvalue weighted by atomic mass is 10.1. The van der Waals surface area contributed by atoms with Gasteiger partial charge in [-0.25, -0.2) is 0 Å². The molecule has 2 rings (SSSR count). The Balaban J connectivity index is 2.49. The average Bonchev–Trinajstić information content (AvgIpc) is 2.70. The van der Waals surface area contributed by atoms with Gasteiger partial charge in [-0.2, -0.15) is 0 Å². The second kappa shape index (κ2) is 4.33. The Morgan fingerprint density at radius 3 is 2.87 bits per heavy atom. The van der Waals surface area contributed by atoms with Crippen LogP contribution in [0.1, 0.15) is 11.5 Å². The minimum atomic E-state index is 0.236. The molecular weight excluding hydrogens is 279 g/mol. The first-order chi connectivity index (χ1) is 7.22. The number of aromatic nitrogens is 2. The predicted octanol–water partition coefficient (Wildman–Crippen LogP) is 3.55. The lowest BCUT2D eigenvalue weighted by molar-refractivity contribution is 0.527. The van der Waals surface area contributed by atoms with E-state index in [4.69, 9.17) is 16.0 Å². The van der Waals surface area contributed by atoms with Gasteiger partial charge in [-0.3, -0.25) is 0 Å². The van der Waals surface area contributed by atoms with Gasteiger partial charge in [-0.15, -0.1) is 21.8 Å². The van der Waals surface area contributed by atoms with Crippen molar-refractivity contribution in [3.63, 3.8) is 0 Å². The zero-order valence-corrected chi connectivity index (χ0v) is 10.3. The van der Waals surface area contributed by atoms with E-state index in [1.165, 1.54) is 0 Å². The molecule has 2 aromatic rings. The Labute approximate surface area is 101 Å². The molecule has 0 bridgehead atoms. The van der Waals surface area contributed by atoms with Crippen LogP contribution in [0, 0.1) is 6.92 Å². The Morgan fingerprint density at radius 2 is 2.20 bits per heavy atom. The molecule has 1 heterocycles. The van der Waals surface area contributed by atoms with Crippen molar-refractivity contribution in [2.24, 2.45) is 0 Å². The maximum atomic E-state index is 5.59. The quantitative estimate of drug-likeness (QED) is 0.793. The molecule has 0 aliphatic rings. The fourth-order valence-corrected chi connectivity index (χ4v) is 1.73. The number of rotatable bonds is 2. The predicted molar refractivity (Wildman–Crippen MR) is 61.7 cm³/mol. The number of hydrogen-bond acceptors (Lipinski definition) is 3. The molecule has 3 nitrogen and oxygen atoms in total. The Kier molecular flexibility index (Phi) is 3.07. The maximum absolute atomic E-state index is 5.59. The van der Waals surface area contributed by atoms with Crippen molar-refractivity contribution in [2.45, 2.75) is 12.8 Å². The summed E-state index contributed by atoms with van der Waals surface area (Å²) >= 11 is 9.04. The van der Waals surface area contributed by atoms with Gasteiger partial charge >= 0.3 is 0 Å². The molecule has 0 amide bonds. The van der Waals surface area contributed by atoms with E-state index in [1.807, 2.05) is 25.1 Å². The molecule has 0 saturated carbocycles. The van der Waals surface area contributed by atoms with Crippen molar-refractivity contribution in [2.75, 3.05) is 0 Å². The van der Waals surface area contributed by atoms with Gasteiger partial charge in [0.15, 0.2) is 0 Å². The fourth-order valence-electron chi connectivity index (χ4n) is 1.26. The third kappa shape index (κ3) is 2.06. The minimum Gasteiger partial charge on any atom is -0.419 e. The van der Waals surface area contributed by atoms with E-state index in [0.717, 1.165) is 15.6 Å². The SMILES string of the molecule is Cc1c(Br)cccc1-c1nnc(CCl)o1. The molecule has 0 spiro atoms. The Morgan fingerprint density at radius 1 is 1.40 bits per heavy atom. The van der Waals surface area contributed by atoms with Crippen LogP contribution < -0.4 is 0 Å². The van der Waals surface area contributed by atoms with Crippen LogP contribution in [-0.4, -0.2) is 10.2 Å². The first-order valence-electron chi connectivity index (χ1n) is 4.36. The summed E-state index contributed by atoms with van der Waals surface area (Å²) in [5.74, 6) is 1.18. The normalized spacial score (nSPS) is 10.6. The molecule has 15 heavy (non-hydrogen) atoms. The lowest BCUT2D eigenvalue weighted by Crippen LogP contribution is -1.84. The van der Waals surface area contributed by atoms with Crippen molar-refractivity contribution < 1.29 is 4.42 Å². The van der Waals surface area contributed by atoms with Gasteiger partial charge in [0.1, 0.15) is 5.88 Å². The number of nitrogens with zero attached hydrogens (tertiary/aromatic N) is 2. The molecule has 0 radical (unpaired) electrons. The van der Waals surface area contributed by atoms with Gasteiger partial charge in [0.2, 0.25) is 11.8 Å². The van der Waals surface area contributed by atoms with Crippen molar-refractivity contribution in [3.05, 3.63) is 34.1 Å². The van der Waals surface area contributed by atoms with Crippen molar-refractivity contribution in [3.8, 4) is 11.5 Å². The van der Waals surface area contributed by atoms with Crippen LogP contribution in [0.25, 0.3) is 11.5 Å². The van der Waals surface area contributed by atoms with E-state index in [2.05, 4.69) is 26.1 Å². The third-order valence-corrected chi connectivity index (χ3v) is 3.17. The Bertz CT molecular complexity index is 484. The van der Waals surface area contributed by atoms with Gasteiger partial charge in [-0.1, -0.05) is 22.0 Å². The average molecular weight is 288 g/mol. The van der Waals surface area contributed by atoms with E-state index < -0.39 is 0 Å². The second-order valence-corrected chi connectivity index (χ2v) is 4.17. The minimum absolute atomic E-state index is 0.236.